The van der Waals surface area contributed by atoms with Gasteiger partial charge in [-0.15, -0.1) is 0 Å². The Kier molecular flexibility index (Phi) is 5.74. The van der Waals surface area contributed by atoms with Crippen molar-refractivity contribution in [2.75, 3.05) is 20.6 Å². The summed E-state index contributed by atoms with van der Waals surface area (Å²) >= 11 is 0. The monoisotopic (exact) mass is 404 g/mol. The van der Waals surface area contributed by atoms with Gasteiger partial charge in [-0.3, -0.25) is 9.59 Å². The van der Waals surface area contributed by atoms with E-state index in [1.54, 1.807) is 49.3 Å². The Bertz CT molecular complexity index is 1090. The van der Waals surface area contributed by atoms with Crippen LogP contribution in [0.15, 0.2) is 63.8 Å². The second-order valence-corrected chi connectivity index (χ2v) is 6.78. The first kappa shape index (κ1) is 20.6. The van der Waals surface area contributed by atoms with Gasteiger partial charge in [-0.2, -0.15) is 13.2 Å². The van der Waals surface area contributed by atoms with Gasteiger partial charge in [0.2, 0.25) is 0 Å². The van der Waals surface area contributed by atoms with Crippen LogP contribution in [0.5, 0.6) is 0 Å². The van der Waals surface area contributed by atoms with Gasteiger partial charge in [-0.1, -0.05) is 24.3 Å². The first-order valence-electron chi connectivity index (χ1n) is 8.81. The van der Waals surface area contributed by atoms with Gasteiger partial charge in [0.15, 0.2) is 11.2 Å². The Hall–Kier alpha value is -3.13. The number of benzene rings is 2. The van der Waals surface area contributed by atoms with Crippen molar-refractivity contribution in [3.05, 3.63) is 81.7 Å². The average molecular weight is 404 g/mol. The van der Waals surface area contributed by atoms with Gasteiger partial charge in [0.1, 0.15) is 5.58 Å². The van der Waals surface area contributed by atoms with Crippen molar-refractivity contribution >= 4 is 16.9 Å². The molecule has 0 radical (unpaired) electrons. The zero-order valence-corrected chi connectivity index (χ0v) is 15.8. The molecule has 2 aromatic carbocycles. The third-order valence-electron chi connectivity index (χ3n) is 4.54. The van der Waals surface area contributed by atoms with Crippen LogP contribution in [0.1, 0.15) is 27.7 Å². The number of carbonyl (C=O) groups is 1. The van der Waals surface area contributed by atoms with Gasteiger partial charge in [0.05, 0.1) is 17.0 Å². The molecule has 1 heterocycles. The van der Waals surface area contributed by atoms with Crippen LogP contribution in [-0.4, -0.2) is 31.4 Å². The molecule has 0 spiro atoms. The second kappa shape index (κ2) is 8.08. The number of para-hydroxylation sites is 1. The summed E-state index contributed by atoms with van der Waals surface area (Å²) in [6.07, 6.45) is -4.45. The second-order valence-electron chi connectivity index (χ2n) is 6.78. The van der Waals surface area contributed by atoms with E-state index in [2.05, 4.69) is 5.32 Å². The zero-order valence-electron chi connectivity index (χ0n) is 15.8. The largest absolute Gasteiger partial charge is 0.451 e. The minimum Gasteiger partial charge on any atom is -0.451 e. The van der Waals surface area contributed by atoms with Crippen molar-refractivity contribution < 1.29 is 22.4 Å². The highest BCUT2D eigenvalue weighted by atomic mass is 19.4. The minimum absolute atomic E-state index is 0.0314. The lowest BCUT2D eigenvalue weighted by Crippen LogP contribution is -2.35. The molecule has 0 saturated carbocycles. The third-order valence-corrected chi connectivity index (χ3v) is 4.54. The Morgan fingerprint density at radius 3 is 2.52 bits per heavy atom. The molecule has 8 heteroatoms. The lowest BCUT2D eigenvalue weighted by Gasteiger charge is -2.25. The zero-order chi connectivity index (χ0) is 21.2. The molecular formula is C21H19F3N2O3. The van der Waals surface area contributed by atoms with E-state index in [0.29, 0.717) is 10.9 Å². The van der Waals surface area contributed by atoms with E-state index < -0.39 is 23.7 Å². The molecule has 3 rings (SSSR count). The maximum Gasteiger partial charge on any atom is 0.416 e. The fraction of sp³-hybridized carbons (Fsp3) is 0.238. The Morgan fingerprint density at radius 1 is 1.10 bits per heavy atom. The molecule has 29 heavy (non-hydrogen) atoms. The molecule has 152 valence electrons. The molecule has 1 atom stereocenters. The minimum atomic E-state index is -4.45. The van der Waals surface area contributed by atoms with Crippen molar-refractivity contribution in [3.63, 3.8) is 0 Å². The molecule has 0 bridgehead atoms. The van der Waals surface area contributed by atoms with Crippen molar-refractivity contribution in [2.45, 2.75) is 12.2 Å². The summed E-state index contributed by atoms with van der Waals surface area (Å²) in [6.45, 7) is 0.0314. The number of hydrogen-bond donors (Lipinski definition) is 1. The lowest BCUT2D eigenvalue weighted by atomic mass is 10.0. The first-order valence-corrected chi connectivity index (χ1v) is 8.81. The molecule has 1 aromatic heterocycles. The maximum absolute atomic E-state index is 13.0. The molecule has 0 aliphatic carbocycles. The van der Waals surface area contributed by atoms with E-state index in [4.69, 9.17) is 4.42 Å². The highest BCUT2D eigenvalue weighted by Gasteiger charge is 2.31. The van der Waals surface area contributed by atoms with Gasteiger partial charge < -0.3 is 14.6 Å². The molecule has 1 amide bonds. The number of fused-ring (bicyclic) bond motifs is 1. The van der Waals surface area contributed by atoms with Gasteiger partial charge in [0, 0.05) is 12.6 Å². The fourth-order valence-corrected chi connectivity index (χ4v) is 3.01. The van der Waals surface area contributed by atoms with Gasteiger partial charge >= 0.3 is 6.18 Å². The number of hydrogen-bond acceptors (Lipinski definition) is 4. The van der Waals surface area contributed by atoms with Crippen LogP contribution in [0.3, 0.4) is 0 Å². The van der Waals surface area contributed by atoms with E-state index in [-0.39, 0.29) is 23.3 Å². The maximum atomic E-state index is 13.0. The summed E-state index contributed by atoms with van der Waals surface area (Å²) < 4.78 is 44.5. The summed E-state index contributed by atoms with van der Waals surface area (Å²) in [6, 6.07) is 12.1. The highest BCUT2D eigenvalue weighted by Crippen LogP contribution is 2.31. The number of nitrogens with zero attached hydrogens (tertiary/aromatic N) is 1. The Labute approximate surface area is 164 Å². The molecule has 0 aliphatic rings. The van der Waals surface area contributed by atoms with Crippen LogP contribution in [-0.2, 0) is 6.18 Å². The van der Waals surface area contributed by atoms with E-state index in [9.17, 15) is 22.8 Å². The first-order chi connectivity index (χ1) is 13.7. The van der Waals surface area contributed by atoms with Crippen LogP contribution >= 0.6 is 0 Å². The highest BCUT2D eigenvalue weighted by molar-refractivity contribution is 5.93. The van der Waals surface area contributed by atoms with Crippen molar-refractivity contribution in [1.82, 2.24) is 10.2 Å². The molecule has 1 unspecified atom stereocenters. The summed E-state index contributed by atoms with van der Waals surface area (Å²) in [5.74, 6) is -0.776. The summed E-state index contributed by atoms with van der Waals surface area (Å²) in [7, 11) is 3.40. The SMILES string of the molecule is CN(C)C(CNC(=O)c1cc(=O)c2ccccc2o1)c1cccc(C(F)(F)F)c1. The number of alkyl halides is 3. The number of halogens is 3. The molecule has 0 fully saturated rings. The van der Waals surface area contributed by atoms with Crippen LogP contribution < -0.4 is 10.7 Å². The Balaban J connectivity index is 1.81. The van der Waals surface area contributed by atoms with Gasteiger partial charge in [-0.05, 0) is 43.9 Å². The van der Waals surface area contributed by atoms with Crippen molar-refractivity contribution in [1.29, 1.82) is 0 Å². The quantitative estimate of drug-likeness (QED) is 0.702. The molecule has 0 aliphatic heterocycles. The lowest BCUT2D eigenvalue weighted by molar-refractivity contribution is -0.137. The van der Waals surface area contributed by atoms with Gasteiger partial charge in [0.25, 0.3) is 5.91 Å². The van der Waals surface area contributed by atoms with Crippen molar-refractivity contribution in [2.24, 2.45) is 0 Å². The summed E-state index contributed by atoms with van der Waals surface area (Å²) in [5.41, 5.74) is -0.412. The predicted molar refractivity (Wildman–Crippen MR) is 103 cm³/mol. The molecule has 0 saturated heterocycles. The molecule has 3 aromatic rings. The fourth-order valence-electron chi connectivity index (χ4n) is 3.01. The average Bonchev–Trinajstić information content (AvgIpc) is 2.67. The summed E-state index contributed by atoms with van der Waals surface area (Å²) in [4.78, 5) is 26.3. The van der Waals surface area contributed by atoms with Crippen LogP contribution in [0, 0.1) is 0 Å². The van der Waals surface area contributed by atoms with Crippen LogP contribution in [0.2, 0.25) is 0 Å². The number of rotatable bonds is 5. The smallest absolute Gasteiger partial charge is 0.416 e. The van der Waals surface area contributed by atoms with Gasteiger partial charge in [-0.25, -0.2) is 0 Å². The molecule has 5 nitrogen and oxygen atoms in total. The van der Waals surface area contributed by atoms with E-state index >= 15 is 0 Å². The topological polar surface area (TPSA) is 62.6 Å². The number of nitrogens with one attached hydrogen (secondary N) is 1. The van der Waals surface area contributed by atoms with Crippen LogP contribution in [0.4, 0.5) is 13.2 Å². The van der Waals surface area contributed by atoms with E-state index in [1.807, 2.05) is 0 Å². The Morgan fingerprint density at radius 2 is 1.83 bits per heavy atom. The standard InChI is InChI=1S/C21H19F3N2O3/c1-26(2)16(13-6-5-7-14(10-13)21(22,23)24)12-25-20(28)19-11-17(27)15-8-3-4-9-18(15)29-19/h3-11,16H,12H2,1-2H3,(H,25,28). The van der Waals surface area contributed by atoms with E-state index in [0.717, 1.165) is 18.2 Å². The van der Waals surface area contributed by atoms with Crippen LogP contribution in [0.25, 0.3) is 11.0 Å². The summed E-state index contributed by atoms with van der Waals surface area (Å²) in [5, 5.41) is 2.99. The number of carbonyl (C=O) groups excluding carboxylic acids is 1. The number of amides is 1. The predicted octanol–water partition coefficient (Wildman–Crippen LogP) is 3.84. The molecule has 1 N–H and O–H groups in total. The van der Waals surface area contributed by atoms with Crippen molar-refractivity contribution in [3.8, 4) is 0 Å². The third kappa shape index (κ3) is 4.65. The normalized spacial score (nSPS) is 12.9. The van der Waals surface area contributed by atoms with E-state index in [1.165, 1.54) is 6.07 Å². The molecular weight excluding hydrogens is 385 g/mol. The number of likely N-dealkylation sites (N-methyl/N-ethyl adjacent to an activating group) is 1.